The highest BCUT2D eigenvalue weighted by atomic mass is 19.1. The fourth-order valence-electron chi connectivity index (χ4n) is 3.57. The average molecular weight is 290 g/mol. The van der Waals surface area contributed by atoms with Crippen LogP contribution in [0.4, 0.5) is 4.39 Å². The molecule has 0 aromatic heterocycles. The van der Waals surface area contributed by atoms with E-state index in [9.17, 15) is 14.0 Å². The first-order chi connectivity index (χ1) is 10.1. The van der Waals surface area contributed by atoms with Gasteiger partial charge in [0.05, 0.1) is 18.5 Å². The van der Waals surface area contributed by atoms with Crippen LogP contribution >= 0.6 is 0 Å². The number of amides is 1. The molecule has 5 heteroatoms. The predicted molar refractivity (Wildman–Crippen MR) is 75.5 cm³/mol. The fourth-order valence-corrected chi connectivity index (χ4v) is 3.57. The molecule has 3 rings (SSSR count). The molecule has 2 aliphatic heterocycles. The first kappa shape index (κ1) is 14.2. The van der Waals surface area contributed by atoms with Crippen molar-refractivity contribution in [2.45, 2.75) is 44.7 Å². The van der Waals surface area contributed by atoms with Crippen LogP contribution in [0.5, 0.6) is 0 Å². The third-order valence-corrected chi connectivity index (χ3v) is 4.67. The molecule has 2 aliphatic rings. The Morgan fingerprint density at radius 1 is 1.33 bits per heavy atom. The Labute approximate surface area is 123 Å². The van der Waals surface area contributed by atoms with Gasteiger partial charge in [-0.05, 0) is 37.0 Å². The van der Waals surface area contributed by atoms with E-state index in [1.807, 2.05) is 11.9 Å². The van der Waals surface area contributed by atoms with Crippen LogP contribution in [0, 0.1) is 5.82 Å². The maximum Gasteiger partial charge on any atom is 0.244 e. The van der Waals surface area contributed by atoms with Gasteiger partial charge in [-0.15, -0.1) is 0 Å². The monoisotopic (exact) mass is 290 g/mol. The molecule has 1 aromatic rings. The summed E-state index contributed by atoms with van der Waals surface area (Å²) in [6, 6.07) is 6.27. The van der Waals surface area contributed by atoms with Crippen molar-refractivity contribution < 1.29 is 14.0 Å². The number of ketones is 1. The van der Waals surface area contributed by atoms with Crippen LogP contribution in [0.2, 0.25) is 0 Å². The Balaban J connectivity index is 1.90. The Hall–Kier alpha value is -1.75. The summed E-state index contributed by atoms with van der Waals surface area (Å²) in [5.41, 5.74) is 0.218. The van der Waals surface area contributed by atoms with Gasteiger partial charge in [-0.2, -0.15) is 0 Å². The van der Waals surface area contributed by atoms with Crippen molar-refractivity contribution in [1.82, 2.24) is 10.0 Å². The van der Waals surface area contributed by atoms with Gasteiger partial charge in [0.15, 0.2) is 5.78 Å². The highest BCUT2D eigenvalue weighted by molar-refractivity contribution is 6.05. The summed E-state index contributed by atoms with van der Waals surface area (Å²) in [5, 5.41) is 3.57. The van der Waals surface area contributed by atoms with Gasteiger partial charge in [0.2, 0.25) is 5.91 Å². The molecular formula is C16H19FN2O2. The van der Waals surface area contributed by atoms with Crippen LogP contribution in [0.1, 0.15) is 38.2 Å². The molecule has 1 aromatic carbocycles. The number of hydrogen-bond donors (Lipinski definition) is 0. The summed E-state index contributed by atoms with van der Waals surface area (Å²) in [5.74, 6) is -0.463. The zero-order chi connectivity index (χ0) is 15.0. The second kappa shape index (κ2) is 5.22. The SMILES string of the molecule is CC[C@]12CCCN1N(Cc1cccc(F)c1)C(=O)CC2=O. The van der Waals surface area contributed by atoms with E-state index >= 15 is 0 Å². The Morgan fingerprint density at radius 2 is 2.14 bits per heavy atom. The lowest BCUT2D eigenvalue weighted by Gasteiger charge is -2.47. The van der Waals surface area contributed by atoms with E-state index < -0.39 is 5.54 Å². The lowest BCUT2D eigenvalue weighted by molar-refractivity contribution is -0.178. The van der Waals surface area contributed by atoms with Crippen molar-refractivity contribution in [1.29, 1.82) is 0 Å². The highest BCUT2D eigenvalue weighted by Gasteiger charge is 2.53. The third kappa shape index (κ3) is 2.25. The molecule has 2 fully saturated rings. The van der Waals surface area contributed by atoms with Crippen molar-refractivity contribution in [2.75, 3.05) is 6.54 Å². The summed E-state index contributed by atoms with van der Waals surface area (Å²) in [6.07, 6.45) is 2.38. The van der Waals surface area contributed by atoms with E-state index in [-0.39, 0.29) is 23.9 Å². The third-order valence-electron chi connectivity index (χ3n) is 4.67. The van der Waals surface area contributed by atoms with Crippen LogP contribution < -0.4 is 0 Å². The molecule has 2 heterocycles. The van der Waals surface area contributed by atoms with Crippen LogP contribution in [-0.2, 0) is 16.1 Å². The van der Waals surface area contributed by atoms with Gasteiger partial charge >= 0.3 is 0 Å². The molecule has 1 atom stereocenters. The van der Waals surface area contributed by atoms with Crippen molar-refractivity contribution in [3.05, 3.63) is 35.6 Å². The molecule has 0 radical (unpaired) electrons. The van der Waals surface area contributed by atoms with Gasteiger partial charge in [-0.3, -0.25) is 14.6 Å². The number of halogens is 1. The van der Waals surface area contributed by atoms with Gasteiger partial charge in [0.1, 0.15) is 5.82 Å². The minimum Gasteiger partial charge on any atom is -0.297 e. The standard InChI is InChI=1S/C16H19FN2O2/c1-2-16-7-4-8-19(16)18(15(21)10-14(16)20)11-12-5-3-6-13(17)9-12/h3,5-6,9H,2,4,7-8,10-11H2,1H3/t16-/m1/s1. The zero-order valence-electron chi connectivity index (χ0n) is 12.1. The summed E-state index contributed by atoms with van der Waals surface area (Å²) in [4.78, 5) is 24.6. The summed E-state index contributed by atoms with van der Waals surface area (Å²) < 4.78 is 13.3. The van der Waals surface area contributed by atoms with E-state index in [0.29, 0.717) is 19.5 Å². The number of hydrogen-bond acceptors (Lipinski definition) is 3. The second-order valence-corrected chi connectivity index (χ2v) is 5.79. The Kier molecular flexibility index (Phi) is 3.53. The number of Topliss-reactive ketones (excluding diaryl/α,β-unsaturated/α-hetero) is 1. The number of rotatable bonds is 3. The summed E-state index contributed by atoms with van der Waals surface area (Å²) in [6.45, 7) is 3.03. The molecule has 0 aliphatic carbocycles. The molecule has 2 saturated heterocycles. The van der Waals surface area contributed by atoms with Gasteiger partial charge < -0.3 is 0 Å². The molecule has 0 saturated carbocycles. The summed E-state index contributed by atoms with van der Waals surface area (Å²) >= 11 is 0. The van der Waals surface area contributed by atoms with Gasteiger partial charge in [-0.25, -0.2) is 9.40 Å². The molecule has 4 nitrogen and oxygen atoms in total. The Bertz CT molecular complexity index is 589. The molecule has 21 heavy (non-hydrogen) atoms. The largest absolute Gasteiger partial charge is 0.297 e. The van der Waals surface area contributed by atoms with Crippen LogP contribution in [0.25, 0.3) is 0 Å². The summed E-state index contributed by atoms with van der Waals surface area (Å²) in [7, 11) is 0. The number of fused-ring (bicyclic) bond motifs is 1. The second-order valence-electron chi connectivity index (χ2n) is 5.79. The first-order valence-electron chi connectivity index (χ1n) is 7.42. The van der Waals surface area contributed by atoms with Crippen LogP contribution in [0.3, 0.4) is 0 Å². The van der Waals surface area contributed by atoms with Gasteiger partial charge in [0.25, 0.3) is 0 Å². The van der Waals surface area contributed by atoms with E-state index in [1.54, 1.807) is 17.1 Å². The number of benzene rings is 1. The normalized spacial score (nSPS) is 26.3. The topological polar surface area (TPSA) is 40.6 Å². The fraction of sp³-hybridized carbons (Fsp3) is 0.500. The number of hydrazine groups is 1. The maximum atomic E-state index is 13.3. The van der Waals surface area contributed by atoms with Crippen LogP contribution in [-0.4, -0.2) is 33.8 Å². The van der Waals surface area contributed by atoms with Crippen LogP contribution in [0.15, 0.2) is 24.3 Å². The quantitative estimate of drug-likeness (QED) is 0.802. The number of carbonyl (C=O) groups is 2. The van der Waals surface area contributed by atoms with Crippen molar-refractivity contribution in [3.63, 3.8) is 0 Å². The van der Waals surface area contributed by atoms with E-state index in [4.69, 9.17) is 0 Å². The lowest BCUT2D eigenvalue weighted by atomic mass is 9.85. The lowest BCUT2D eigenvalue weighted by Crippen LogP contribution is -2.63. The smallest absolute Gasteiger partial charge is 0.244 e. The molecule has 112 valence electrons. The molecule has 0 spiro atoms. The zero-order valence-corrected chi connectivity index (χ0v) is 12.1. The highest BCUT2D eigenvalue weighted by Crippen LogP contribution is 2.39. The predicted octanol–water partition coefficient (Wildman–Crippen LogP) is 2.29. The van der Waals surface area contributed by atoms with Gasteiger partial charge in [-0.1, -0.05) is 19.1 Å². The van der Waals surface area contributed by atoms with Gasteiger partial charge in [0, 0.05) is 6.54 Å². The minimum atomic E-state index is -0.527. The maximum absolute atomic E-state index is 13.3. The molecule has 0 unspecified atom stereocenters. The van der Waals surface area contributed by atoms with E-state index in [1.165, 1.54) is 12.1 Å². The number of nitrogens with zero attached hydrogens (tertiary/aromatic N) is 2. The molecule has 0 bridgehead atoms. The molecular weight excluding hydrogens is 271 g/mol. The first-order valence-corrected chi connectivity index (χ1v) is 7.42. The van der Waals surface area contributed by atoms with Crippen molar-refractivity contribution in [2.24, 2.45) is 0 Å². The van der Waals surface area contributed by atoms with Crippen molar-refractivity contribution in [3.8, 4) is 0 Å². The average Bonchev–Trinajstić information content (AvgIpc) is 2.89. The van der Waals surface area contributed by atoms with Crippen molar-refractivity contribution >= 4 is 11.7 Å². The van der Waals surface area contributed by atoms with E-state index in [2.05, 4.69) is 0 Å². The van der Waals surface area contributed by atoms with E-state index in [0.717, 1.165) is 18.4 Å². The number of carbonyl (C=O) groups excluding carboxylic acids is 2. The minimum absolute atomic E-state index is 0.0305. The molecule has 0 N–H and O–H groups in total. The molecule has 1 amide bonds. The Morgan fingerprint density at radius 3 is 2.86 bits per heavy atom.